The van der Waals surface area contributed by atoms with Crippen molar-refractivity contribution in [3.63, 3.8) is 0 Å². The van der Waals surface area contributed by atoms with Crippen molar-refractivity contribution in [2.75, 3.05) is 6.54 Å². The van der Waals surface area contributed by atoms with Crippen LogP contribution in [0.1, 0.15) is 44.2 Å². The van der Waals surface area contributed by atoms with Crippen LogP contribution in [0.15, 0.2) is 34.6 Å². The number of hydrogen-bond acceptors (Lipinski definition) is 5. The molecule has 1 aliphatic heterocycles. The first kappa shape index (κ1) is 16.3. The minimum Gasteiger partial charge on any atom is -0.347 e. The van der Waals surface area contributed by atoms with Crippen molar-refractivity contribution in [1.82, 2.24) is 15.6 Å². The Morgan fingerprint density at radius 3 is 2.71 bits per heavy atom. The smallest absolute Gasteiger partial charge is 0.244 e. The lowest BCUT2D eigenvalue weighted by Crippen LogP contribution is -2.40. The largest absolute Gasteiger partial charge is 0.347 e. The Balaban J connectivity index is 1.38. The molecule has 0 aromatic carbocycles. The first-order valence-corrected chi connectivity index (χ1v) is 8.32. The fourth-order valence-electron chi connectivity index (χ4n) is 3.03. The van der Waals surface area contributed by atoms with E-state index in [1.54, 1.807) is 6.20 Å². The van der Waals surface area contributed by atoms with Crippen LogP contribution in [0.3, 0.4) is 0 Å². The van der Waals surface area contributed by atoms with Gasteiger partial charge in [0.05, 0.1) is 24.4 Å². The van der Waals surface area contributed by atoms with Gasteiger partial charge in [-0.25, -0.2) is 0 Å². The van der Waals surface area contributed by atoms with Crippen LogP contribution in [0.25, 0.3) is 0 Å². The van der Waals surface area contributed by atoms with Gasteiger partial charge in [-0.3, -0.25) is 14.6 Å². The summed E-state index contributed by atoms with van der Waals surface area (Å²) in [5.41, 5.74) is 1.46. The van der Waals surface area contributed by atoms with Gasteiger partial charge in [-0.05, 0) is 30.9 Å². The number of rotatable bonds is 5. The third-order valence-electron chi connectivity index (χ3n) is 4.27. The van der Waals surface area contributed by atoms with Crippen molar-refractivity contribution in [3.8, 4) is 0 Å². The predicted octanol–water partition coefficient (Wildman–Crippen LogP) is 1.40. The highest BCUT2D eigenvalue weighted by Gasteiger charge is 2.20. The summed E-state index contributed by atoms with van der Waals surface area (Å²) in [6.07, 6.45) is 7.27. The molecule has 2 N–H and O–H groups in total. The third kappa shape index (κ3) is 4.47. The maximum absolute atomic E-state index is 11.9. The molecule has 2 amide bonds. The highest BCUT2D eigenvalue weighted by atomic mass is 16.2. The van der Waals surface area contributed by atoms with Crippen LogP contribution in [0.5, 0.6) is 0 Å². The van der Waals surface area contributed by atoms with E-state index in [0.29, 0.717) is 24.6 Å². The van der Waals surface area contributed by atoms with E-state index in [0.717, 1.165) is 24.2 Å². The first-order chi connectivity index (χ1) is 11.7. The summed E-state index contributed by atoms with van der Waals surface area (Å²) in [6.45, 7) is -0.0382. The number of carbonyl (C=O) groups excluding carboxylic acids is 2. The molecule has 3 rings (SSSR count). The zero-order chi connectivity index (χ0) is 16.8. The van der Waals surface area contributed by atoms with E-state index in [-0.39, 0.29) is 18.4 Å². The van der Waals surface area contributed by atoms with E-state index in [9.17, 15) is 9.59 Å². The molecule has 7 nitrogen and oxygen atoms in total. The molecule has 0 atom stereocenters. The molecule has 126 valence electrons. The minimum atomic E-state index is -0.286. The topological polar surface area (TPSA) is 95.8 Å². The molecule has 2 aliphatic rings. The number of aromatic nitrogens is 1. The number of pyridine rings is 1. The Hall–Kier alpha value is -2.57. The molecule has 7 heteroatoms. The number of amidine groups is 1. The Morgan fingerprint density at radius 2 is 1.96 bits per heavy atom. The molecule has 1 aromatic heterocycles. The monoisotopic (exact) mass is 327 g/mol. The number of nitrogens with zero attached hydrogens (tertiary/aromatic N) is 3. The van der Waals surface area contributed by atoms with E-state index in [1.807, 2.05) is 18.2 Å². The van der Waals surface area contributed by atoms with E-state index in [4.69, 9.17) is 0 Å². The van der Waals surface area contributed by atoms with Crippen molar-refractivity contribution < 1.29 is 9.59 Å². The Kier molecular flexibility index (Phi) is 5.30. The summed E-state index contributed by atoms with van der Waals surface area (Å²) in [5, 5.41) is 13.4. The van der Waals surface area contributed by atoms with Crippen molar-refractivity contribution >= 4 is 23.4 Å². The number of amides is 2. The van der Waals surface area contributed by atoms with Crippen LogP contribution in [0, 0.1) is 5.92 Å². The van der Waals surface area contributed by atoms with Crippen molar-refractivity contribution in [2.45, 2.75) is 38.5 Å². The molecule has 2 heterocycles. The highest BCUT2D eigenvalue weighted by molar-refractivity contribution is 6.16. The maximum atomic E-state index is 11.9. The molecule has 0 radical (unpaired) electrons. The summed E-state index contributed by atoms with van der Waals surface area (Å²) in [4.78, 5) is 27.9. The number of hydrogen-bond donors (Lipinski definition) is 2. The third-order valence-corrected chi connectivity index (χ3v) is 4.27. The lowest BCUT2D eigenvalue weighted by Gasteiger charge is -2.09. The van der Waals surface area contributed by atoms with Gasteiger partial charge in [-0.2, -0.15) is 5.10 Å². The summed E-state index contributed by atoms with van der Waals surface area (Å²) in [5.74, 6) is 0.606. The normalized spacial score (nSPS) is 17.3. The van der Waals surface area contributed by atoms with Gasteiger partial charge >= 0.3 is 0 Å². The quantitative estimate of drug-likeness (QED) is 0.855. The Labute approximate surface area is 140 Å². The van der Waals surface area contributed by atoms with Crippen molar-refractivity contribution in [3.05, 3.63) is 30.1 Å². The van der Waals surface area contributed by atoms with Crippen LogP contribution < -0.4 is 10.6 Å². The second-order valence-electron chi connectivity index (χ2n) is 6.16. The van der Waals surface area contributed by atoms with Gasteiger partial charge in [0, 0.05) is 12.6 Å². The van der Waals surface area contributed by atoms with Gasteiger partial charge in [0.2, 0.25) is 11.8 Å². The van der Waals surface area contributed by atoms with Gasteiger partial charge in [-0.1, -0.05) is 18.9 Å². The van der Waals surface area contributed by atoms with E-state index in [1.165, 1.54) is 12.8 Å². The fraction of sp³-hybridized carbons (Fsp3) is 0.471. The van der Waals surface area contributed by atoms with E-state index in [2.05, 4.69) is 25.8 Å². The predicted molar refractivity (Wildman–Crippen MR) is 90.6 cm³/mol. The van der Waals surface area contributed by atoms with Gasteiger partial charge < -0.3 is 10.6 Å². The van der Waals surface area contributed by atoms with Crippen molar-refractivity contribution in [1.29, 1.82) is 0 Å². The molecule has 0 unspecified atom stereocenters. The van der Waals surface area contributed by atoms with E-state index >= 15 is 0 Å². The van der Waals surface area contributed by atoms with Crippen LogP contribution in [-0.2, 0) is 9.59 Å². The molecule has 0 bridgehead atoms. The summed E-state index contributed by atoms with van der Waals surface area (Å²) >= 11 is 0. The molecule has 1 saturated carbocycles. The molecule has 0 spiro atoms. The zero-order valence-electron chi connectivity index (χ0n) is 13.5. The highest BCUT2D eigenvalue weighted by Crippen LogP contribution is 2.27. The maximum Gasteiger partial charge on any atom is 0.244 e. The second kappa shape index (κ2) is 7.81. The molecule has 1 aliphatic carbocycles. The van der Waals surface area contributed by atoms with Crippen LogP contribution in [0.2, 0.25) is 0 Å². The summed E-state index contributed by atoms with van der Waals surface area (Å²) in [6, 6.07) is 5.56. The van der Waals surface area contributed by atoms with Gasteiger partial charge in [0.15, 0.2) is 0 Å². The average molecular weight is 327 g/mol. The fourth-order valence-corrected chi connectivity index (χ4v) is 3.03. The molecule has 1 fully saturated rings. The van der Waals surface area contributed by atoms with Crippen molar-refractivity contribution in [2.24, 2.45) is 16.1 Å². The first-order valence-electron chi connectivity index (χ1n) is 8.32. The van der Waals surface area contributed by atoms with Crippen LogP contribution in [0.4, 0.5) is 0 Å². The van der Waals surface area contributed by atoms with Gasteiger partial charge in [-0.15, -0.1) is 5.10 Å². The molecular formula is C17H21N5O2. The molecular weight excluding hydrogens is 306 g/mol. The van der Waals surface area contributed by atoms with E-state index < -0.39 is 0 Å². The number of carbonyl (C=O) groups is 2. The lowest BCUT2D eigenvalue weighted by atomic mass is 10.0. The molecule has 1 aromatic rings. The van der Waals surface area contributed by atoms with Gasteiger partial charge in [0.25, 0.3) is 0 Å². The second-order valence-corrected chi connectivity index (χ2v) is 6.16. The summed E-state index contributed by atoms with van der Waals surface area (Å²) in [7, 11) is 0. The minimum absolute atomic E-state index is 0.0382. The summed E-state index contributed by atoms with van der Waals surface area (Å²) < 4.78 is 0. The number of nitrogens with one attached hydrogen (secondary N) is 2. The SMILES string of the molecule is O=C(CC1CCCC1)NCC(=O)NC1=NN=C(c2ccccn2)C1. The Bertz CT molecular complexity index is 663. The average Bonchev–Trinajstić information content (AvgIpc) is 3.26. The molecule has 0 saturated heterocycles. The zero-order valence-corrected chi connectivity index (χ0v) is 13.5. The lowest BCUT2D eigenvalue weighted by molar-refractivity contribution is -0.126. The Morgan fingerprint density at radius 1 is 1.12 bits per heavy atom. The standard InChI is InChI=1S/C17H21N5O2/c23-16(9-12-5-1-2-6-12)19-11-17(24)20-15-10-14(21-22-15)13-7-3-4-8-18-13/h3-4,7-8,12H,1-2,5-6,9-11H2,(H,19,23)(H,20,22,24). The van der Waals surface area contributed by atoms with Crippen LogP contribution >= 0.6 is 0 Å². The van der Waals surface area contributed by atoms with Crippen LogP contribution in [-0.4, -0.2) is 34.9 Å². The molecule has 24 heavy (non-hydrogen) atoms. The van der Waals surface area contributed by atoms with Gasteiger partial charge in [0.1, 0.15) is 5.84 Å².